The average molecular weight is 259 g/mol. The van der Waals surface area contributed by atoms with Crippen LogP contribution in [-0.2, 0) is 6.61 Å². The second-order valence-corrected chi connectivity index (χ2v) is 3.62. The van der Waals surface area contributed by atoms with Crippen molar-refractivity contribution < 1.29 is 13.9 Å². The molecular formula is C11H9N5O3. The fourth-order valence-corrected chi connectivity index (χ4v) is 1.42. The van der Waals surface area contributed by atoms with Crippen molar-refractivity contribution in [1.29, 1.82) is 0 Å². The summed E-state index contributed by atoms with van der Waals surface area (Å²) in [6.07, 6.45) is 0. The Morgan fingerprint density at radius 2 is 1.95 bits per heavy atom. The van der Waals surface area contributed by atoms with E-state index in [0.717, 1.165) is 5.75 Å². The maximum absolute atomic E-state index is 5.52. The molecule has 0 amide bonds. The molecule has 8 nitrogen and oxygen atoms in total. The van der Waals surface area contributed by atoms with E-state index in [9.17, 15) is 0 Å². The Morgan fingerprint density at radius 1 is 1.11 bits per heavy atom. The zero-order valence-corrected chi connectivity index (χ0v) is 9.68. The largest absolute Gasteiger partial charge is 0.485 e. The number of aromatic nitrogens is 4. The molecule has 3 aromatic rings. The van der Waals surface area contributed by atoms with Crippen LogP contribution in [0.25, 0.3) is 11.6 Å². The second kappa shape index (κ2) is 4.77. The first-order valence-electron chi connectivity index (χ1n) is 5.42. The van der Waals surface area contributed by atoms with Crippen LogP contribution in [0.3, 0.4) is 0 Å². The molecule has 2 aromatic heterocycles. The molecule has 0 bridgehead atoms. The normalized spacial score (nSPS) is 10.5. The van der Waals surface area contributed by atoms with Crippen LogP contribution in [0.1, 0.15) is 5.82 Å². The van der Waals surface area contributed by atoms with Gasteiger partial charge in [-0.1, -0.05) is 23.4 Å². The van der Waals surface area contributed by atoms with Crippen molar-refractivity contribution in [2.75, 3.05) is 5.73 Å². The van der Waals surface area contributed by atoms with Gasteiger partial charge in [-0.15, -0.1) is 0 Å². The molecular weight excluding hydrogens is 250 g/mol. The number of nitrogen functional groups attached to an aromatic ring is 1. The quantitative estimate of drug-likeness (QED) is 0.745. The molecule has 0 saturated heterocycles. The Hall–Kier alpha value is -2.90. The molecule has 0 atom stereocenters. The molecule has 3 rings (SSSR count). The SMILES string of the molecule is Nc1nonc1-c1nc(COc2ccccc2)no1. The summed E-state index contributed by atoms with van der Waals surface area (Å²) in [5, 5.41) is 10.8. The Labute approximate surface area is 107 Å². The van der Waals surface area contributed by atoms with E-state index >= 15 is 0 Å². The van der Waals surface area contributed by atoms with Gasteiger partial charge in [0.15, 0.2) is 6.61 Å². The minimum atomic E-state index is 0.0965. The minimum absolute atomic E-state index is 0.0965. The first kappa shape index (κ1) is 11.2. The highest BCUT2D eigenvalue weighted by molar-refractivity contribution is 5.60. The predicted octanol–water partition coefficient (Wildman–Crippen LogP) is 1.28. The number of para-hydroxylation sites is 1. The molecule has 0 radical (unpaired) electrons. The number of benzene rings is 1. The van der Waals surface area contributed by atoms with Gasteiger partial charge in [0.05, 0.1) is 0 Å². The Morgan fingerprint density at radius 3 is 2.68 bits per heavy atom. The van der Waals surface area contributed by atoms with Crippen molar-refractivity contribution in [3.8, 4) is 17.3 Å². The Kier molecular flexibility index (Phi) is 2.81. The van der Waals surface area contributed by atoms with E-state index in [2.05, 4.69) is 25.1 Å². The molecule has 8 heteroatoms. The summed E-state index contributed by atoms with van der Waals surface area (Å²) in [4.78, 5) is 4.08. The summed E-state index contributed by atoms with van der Waals surface area (Å²) >= 11 is 0. The Balaban J connectivity index is 1.71. The van der Waals surface area contributed by atoms with Gasteiger partial charge in [-0.25, -0.2) is 4.63 Å². The topological polar surface area (TPSA) is 113 Å². The van der Waals surface area contributed by atoms with Crippen LogP contribution in [0, 0.1) is 0 Å². The predicted molar refractivity (Wildman–Crippen MR) is 62.8 cm³/mol. The van der Waals surface area contributed by atoms with E-state index in [1.165, 1.54) is 0 Å². The van der Waals surface area contributed by atoms with Crippen LogP contribution in [0.4, 0.5) is 5.82 Å². The highest BCUT2D eigenvalue weighted by atomic mass is 16.6. The van der Waals surface area contributed by atoms with Crippen molar-refractivity contribution in [3.05, 3.63) is 36.2 Å². The third-order valence-corrected chi connectivity index (χ3v) is 2.30. The standard InChI is InChI=1S/C11H9N5O3/c12-10-9(15-19-16-10)11-13-8(14-18-11)6-17-7-4-2-1-3-5-7/h1-5H,6H2,(H2,12,16). The van der Waals surface area contributed by atoms with Gasteiger partial charge in [-0.3, -0.25) is 0 Å². The first-order valence-corrected chi connectivity index (χ1v) is 5.42. The van der Waals surface area contributed by atoms with Gasteiger partial charge in [0.1, 0.15) is 5.75 Å². The lowest BCUT2D eigenvalue weighted by Crippen LogP contribution is -1.97. The Bertz CT molecular complexity index is 664. The maximum atomic E-state index is 5.52. The minimum Gasteiger partial charge on any atom is -0.485 e. The van der Waals surface area contributed by atoms with Crippen LogP contribution in [-0.4, -0.2) is 20.5 Å². The highest BCUT2D eigenvalue weighted by Gasteiger charge is 2.17. The van der Waals surface area contributed by atoms with Crippen LogP contribution in [0.5, 0.6) is 5.75 Å². The zero-order valence-electron chi connectivity index (χ0n) is 9.68. The number of nitrogens with two attached hydrogens (primary N) is 1. The zero-order chi connectivity index (χ0) is 13.1. The van der Waals surface area contributed by atoms with Gasteiger partial charge < -0.3 is 15.0 Å². The van der Waals surface area contributed by atoms with Gasteiger partial charge in [-0.2, -0.15) is 4.98 Å². The lowest BCUT2D eigenvalue weighted by molar-refractivity contribution is 0.286. The van der Waals surface area contributed by atoms with Gasteiger partial charge in [0.25, 0.3) is 5.89 Å². The molecule has 0 saturated carbocycles. The summed E-state index contributed by atoms with van der Waals surface area (Å²) in [6, 6.07) is 9.32. The van der Waals surface area contributed by atoms with E-state index in [-0.39, 0.29) is 24.0 Å². The summed E-state index contributed by atoms with van der Waals surface area (Å²) in [5.41, 5.74) is 5.74. The molecule has 96 valence electrons. The van der Waals surface area contributed by atoms with E-state index in [1.807, 2.05) is 30.3 Å². The van der Waals surface area contributed by atoms with Crippen molar-refractivity contribution in [2.45, 2.75) is 6.61 Å². The van der Waals surface area contributed by atoms with E-state index in [4.69, 9.17) is 15.0 Å². The molecule has 0 aliphatic carbocycles. The van der Waals surface area contributed by atoms with Crippen molar-refractivity contribution >= 4 is 5.82 Å². The summed E-state index contributed by atoms with van der Waals surface area (Å²) < 4.78 is 14.9. The molecule has 2 heterocycles. The summed E-state index contributed by atoms with van der Waals surface area (Å²) in [6.45, 7) is 0.179. The second-order valence-electron chi connectivity index (χ2n) is 3.62. The van der Waals surface area contributed by atoms with Crippen molar-refractivity contribution in [3.63, 3.8) is 0 Å². The van der Waals surface area contributed by atoms with Gasteiger partial charge >= 0.3 is 0 Å². The van der Waals surface area contributed by atoms with Crippen molar-refractivity contribution in [1.82, 2.24) is 20.5 Å². The number of anilines is 1. The highest BCUT2D eigenvalue weighted by Crippen LogP contribution is 2.20. The van der Waals surface area contributed by atoms with Gasteiger partial charge in [-0.05, 0) is 22.4 Å². The monoisotopic (exact) mass is 259 g/mol. The number of hydrogen-bond acceptors (Lipinski definition) is 8. The van der Waals surface area contributed by atoms with Crippen molar-refractivity contribution in [2.24, 2.45) is 0 Å². The maximum Gasteiger partial charge on any atom is 0.284 e. The smallest absolute Gasteiger partial charge is 0.284 e. The number of hydrogen-bond donors (Lipinski definition) is 1. The lowest BCUT2D eigenvalue weighted by atomic mass is 10.3. The molecule has 2 N–H and O–H groups in total. The third-order valence-electron chi connectivity index (χ3n) is 2.30. The molecule has 0 aliphatic heterocycles. The first-order chi connectivity index (χ1) is 9.33. The molecule has 0 spiro atoms. The van der Waals surface area contributed by atoms with Gasteiger partial charge in [0.2, 0.25) is 17.3 Å². The summed E-state index contributed by atoms with van der Waals surface area (Å²) in [5.74, 6) is 1.34. The van der Waals surface area contributed by atoms with Crippen LogP contribution in [0.15, 0.2) is 39.5 Å². The van der Waals surface area contributed by atoms with Crippen LogP contribution < -0.4 is 10.5 Å². The fraction of sp³-hybridized carbons (Fsp3) is 0.0909. The van der Waals surface area contributed by atoms with Gasteiger partial charge in [0, 0.05) is 0 Å². The third kappa shape index (κ3) is 2.37. The molecule has 1 aromatic carbocycles. The van der Waals surface area contributed by atoms with E-state index in [1.54, 1.807) is 0 Å². The van der Waals surface area contributed by atoms with Crippen LogP contribution >= 0.6 is 0 Å². The van der Waals surface area contributed by atoms with E-state index < -0.39 is 0 Å². The van der Waals surface area contributed by atoms with Crippen LogP contribution in [0.2, 0.25) is 0 Å². The van der Waals surface area contributed by atoms with E-state index in [0.29, 0.717) is 5.82 Å². The molecule has 19 heavy (non-hydrogen) atoms. The molecule has 0 aliphatic rings. The number of ether oxygens (including phenoxy) is 1. The fourth-order valence-electron chi connectivity index (χ4n) is 1.42. The summed E-state index contributed by atoms with van der Waals surface area (Å²) in [7, 11) is 0. The molecule has 0 unspecified atom stereocenters. The average Bonchev–Trinajstić information content (AvgIpc) is 3.06. The number of nitrogens with zero attached hydrogens (tertiary/aromatic N) is 4. The molecule has 0 fully saturated rings. The lowest BCUT2D eigenvalue weighted by Gasteiger charge is -2.01. The number of rotatable bonds is 4.